The lowest BCUT2D eigenvalue weighted by atomic mass is 9.97. The van der Waals surface area contributed by atoms with Gasteiger partial charge in [-0.05, 0) is 39.0 Å². The molecule has 1 aliphatic rings. The second-order valence-electron chi connectivity index (χ2n) is 4.54. The summed E-state index contributed by atoms with van der Waals surface area (Å²) in [7, 11) is 0. The lowest BCUT2D eigenvalue weighted by molar-refractivity contribution is 0.0232. The molecular weight excluding hydrogens is 212 g/mol. The van der Waals surface area contributed by atoms with E-state index in [2.05, 4.69) is 32.8 Å². The van der Waals surface area contributed by atoms with E-state index in [0.717, 1.165) is 12.2 Å². The first-order chi connectivity index (χ1) is 8.06. The quantitative estimate of drug-likeness (QED) is 0.535. The van der Waals surface area contributed by atoms with Gasteiger partial charge in [-0.15, -0.1) is 6.42 Å². The average molecular weight is 232 g/mol. The number of terminal acetylenes is 1. The van der Waals surface area contributed by atoms with Gasteiger partial charge in [-0.25, -0.2) is 0 Å². The summed E-state index contributed by atoms with van der Waals surface area (Å²) >= 11 is 0. The molecule has 92 valence electrons. The van der Waals surface area contributed by atoms with E-state index in [-0.39, 0.29) is 5.60 Å². The molecule has 1 unspecified atom stereocenters. The molecule has 0 fully saturated rings. The molecule has 0 spiro atoms. The van der Waals surface area contributed by atoms with Crippen LogP contribution in [0.15, 0.2) is 35.6 Å². The van der Waals surface area contributed by atoms with E-state index in [1.165, 1.54) is 5.57 Å². The van der Waals surface area contributed by atoms with Crippen molar-refractivity contribution in [2.75, 3.05) is 13.2 Å². The molecule has 0 radical (unpaired) electrons. The molecule has 0 aromatic heterocycles. The zero-order valence-corrected chi connectivity index (χ0v) is 10.8. The zero-order valence-electron chi connectivity index (χ0n) is 10.8. The molecule has 0 aromatic carbocycles. The van der Waals surface area contributed by atoms with Crippen LogP contribution in [0.1, 0.15) is 27.2 Å². The van der Waals surface area contributed by atoms with Crippen molar-refractivity contribution in [2.24, 2.45) is 0 Å². The molecule has 0 saturated heterocycles. The molecule has 0 aromatic rings. The first kappa shape index (κ1) is 13.6. The first-order valence-electron chi connectivity index (χ1n) is 5.79. The Bertz CT molecular complexity index is 378. The van der Waals surface area contributed by atoms with Gasteiger partial charge in [0.05, 0.1) is 12.2 Å². The maximum absolute atomic E-state index is 5.83. The van der Waals surface area contributed by atoms with Gasteiger partial charge in [-0.3, -0.25) is 0 Å². The lowest BCUT2D eigenvalue weighted by Gasteiger charge is -2.27. The van der Waals surface area contributed by atoms with Gasteiger partial charge >= 0.3 is 0 Å². The SMILES string of the molecule is C#CCOC1=CCC(C)(OCC=C(C)C)C=C1. The molecule has 2 nitrogen and oxygen atoms in total. The highest BCUT2D eigenvalue weighted by molar-refractivity contribution is 5.23. The van der Waals surface area contributed by atoms with Crippen LogP contribution in [-0.2, 0) is 9.47 Å². The van der Waals surface area contributed by atoms with Crippen molar-refractivity contribution in [3.05, 3.63) is 35.6 Å². The van der Waals surface area contributed by atoms with Gasteiger partial charge in [-0.2, -0.15) is 0 Å². The summed E-state index contributed by atoms with van der Waals surface area (Å²) in [6.45, 7) is 7.14. The summed E-state index contributed by atoms with van der Waals surface area (Å²) in [4.78, 5) is 0. The van der Waals surface area contributed by atoms with E-state index < -0.39 is 0 Å². The fourth-order valence-corrected chi connectivity index (χ4v) is 1.44. The molecule has 2 heteroatoms. The van der Waals surface area contributed by atoms with E-state index in [1.807, 2.05) is 18.2 Å². The average Bonchev–Trinajstić information content (AvgIpc) is 2.28. The number of allylic oxidation sites excluding steroid dienone is 2. The molecule has 0 bridgehead atoms. The molecule has 17 heavy (non-hydrogen) atoms. The molecule has 0 aliphatic heterocycles. The predicted molar refractivity (Wildman–Crippen MR) is 70.4 cm³/mol. The highest BCUT2D eigenvalue weighted by atomic mass is 16.5. The Morgan fingerprint density at radius 2 is 2.35 bits per heavy atom. The Labute approximate surface area is 104 Å². The molecule has 0 heterocycles. The van der Waals surface area contributed by atoms with E-state index in [0.29, 0.717) is 13.2 Å². The van der Waals surface area contributed by atoms with Gasteiger partial charge in [0.1, 0.15) is 12.4 Å². The fourth-order valence-electron chi connectivity index (χ4n) is 1.44. The van der Waals surface area contributed by atoms with Gasteiger partial charge in [-0.1, -0.05) is 17.6 Å². The zero-order chi connectivity index (χ0) is 12.7. The summed E-state index contributed by atoms with van der Waals surface area (Å²) < 4.78 is 11.2. The van der Waals surface area contributed by atoms with Crippen molar-refractivity contribution in [3.63, 3.8) is 0 Å². The Morgan fingerprint density at radius 3 is 2.88 bits per heavy atom. The van der Waals surface area contributed by atoms with Crippen LogP contribution in [0.3, 0.4) is 0 Å². The van der Waals surface area contributed by atoms with Crippen LogP contribution in [-0.4, -0.2) is 18.8 Å². The molecular formula is C15H20O2. The number of hydrogen-bond donors (Lipinski definition) is 0. The van der Waals surface area contributed by atoms with Crippen molar-refractivity contribution in [1.82, 2.24) is 0 Å². The molecule has 1 aliphatic carbocycles. The van der Waals surface area contributed by atoms with Crippen LogP contribution < -0.4 is 0 Å². The van der Waals surface area contributed by atoms with Crippen LogP contribution >= 0.6 is 0 Å². The lowest BCUT2D eigenvalue weighted by Crippen LogP contribution is -2.27. The van der Waals surface area contributed by atoms with Crippen LogP contribution in [0.2, 0.25) is 0 Å². The van der Waals surface area contributed by atoms with Crippen LogP contribution in [0.5, 0.6) is 0 Å². The van der Waals surface area contributed by atoms with Crippen molar-refractivity contribution >= 4 is 0 Å². The molecule has 0 amide bonds. The summed E-state index contributed by atoms with van der Waals surface area (Å²) in [6.07, 6.45) is 14.0. The molecule has 1 rings (SSSR count). The topological polar surface area (TPSA) is 18.5 Å². The maximum Gasteiger partial charge on any atom is 0.148 e. The van der Waals surface area contributed by atoms with Gasteiger partial charge in [0.2, 0.25) is 0 Å². The largest absolute Gasteiger partial charge is 0.481 e. The Balaban J connectivity index is 2.44. The summed E-state index contributed by atoms with van der Waals surface area (Å²) in [5.41, 5.74) is 1.02. The van der Waals surface area contributed by atoms with E-state index >= 15 is 0 Å². The summed E-state index contributed by atoms with van der Waals surface area (Å²) in [6, 6.07) is 0. The normalized spacial score (nSPS) is 22.6. The van der Waals surface area contributed by atoms with Gasteiger partial charge in [0.25, 0.3) is 0 Å². The smallest absolute Gasteiger partial charge is 0.148 e. The Hall–Kier alpha value is -1.46. The Morgan fingerprint density at radius 1 is 1.59 bits per heavy atom. The fraction of sp³-hybridized carbons (Fsp3) is 0.467. The minimum atomic E-state index is -0.241. The minimum Gasteiger partial charge on any atom is -0.481 e. The predicted octanol–water partition coefficient (Wildman–Crippen LogP) is 3.22. The van der Waals surface area contributed by atoms with Gasteiger partial charge in [0, 0.05) is 6.42 Å². The van der Waals surface area contributed by atoms with E-state index in [4.69, 9.17) is 15.9 Å². The van der Waals surface area contributed by atoms with Crippen LogP contribution in [0, 0.1) is 12.3 Å². The van der Waals surface area contributed by atoms with Crippen molar-refractivity contribution < 1.29 is 9.47 Å². The minimum absolute atomic E-state index is 0.241. The molecule has 0 N–H and O–H groups in total. The third-order valence-electron chi connectivity index (χ3n) is 2.54. The van der Waals surface area contributed by atoms with Gasteiger partial charge in [0.15, 0.2) is 0 Å². The highest BCUT2D eigenvalue weighted by Gasteiger charge is 2.23. The standard InChI is InChI=1S/C15H20O2/c1-5-11-16-14-6-9-15(4,10-7-14)17-12-8-13(2)3/h1,6-9H,10-12H2,2-4H3. The highest BCUT2D eigenvalue weighted by Crippen LogP contribution is 2.24. The van der Waals surface area contributed by atoms with Crippen molar-refractivity contribution in [2.45, 2.75) is 32.8 Å². The summed E-state index contributed by atoms with van der Waals surface area (Å²) in [5, 5.41) is 0. The monoisotopic (exact) mass is 232 g/mol. The van der Waals surface area contributed by atoms with E-state index in [1.54, 1.807) is 0 Å². The second kappa shape index (κ2) is 6.32. The maximum atomic E-state index is 5.83. The first-order valence-corrected chi connectivity index (χ1v) is 5.79. The molecule has 0 saturated carbocycles. The van der Waals surface area contributed by atoms with E-state index in [9.17, 15) is 0 Å². The summed E-state index contributed by atoms with van der Waals surface area (Å²) in [5.74, 6) is 3.27. The second-order valence-corrected chi connectivity index (χ2v) is 4.54. The van der Waals surface area contributed by atoms with Crippen LogP contribution in [0.25, 0.3) is 0 Å². The van der Waals surface area contributed by atoms with Crippen LogP contribution in [0.4, 0.5) is 0 Å². The third-order valence-corrected chi connectivity index (χ3v) is 2.54. The number of ether oxygens (including phenoxy) is 2. The van der Waals surface area contributed by atoms with Crippen molar-refractivity contribution in [1.29, 1.82) is 0 Å². The number of rotatable bonds is 5. The van der Waals surface area contributed by atoms with Crippen molar-refractivity contribution in [3.8, 4) is 12.3 Å². The molecule has 1 atom stereocenters. The number of hydrogen-bond acceptors (Lipinski definition) is 2. The Kier molecular flexibility index (Phi) is 5.06. The third kappa shape index (κ3) is 4.93. The van der Waals surface area contributed by atoms with Gasteiger partial charge < -0.3 is 9.47 Å².